The van der Waals surface area contributed by atoms with Crippen LogP contribution in [0.5, 0.6) is 0 Å². The lowest BCUT2D eigenvalue weighted by Crippen LogP contribution is -2.21. The average Bonchev–Trinajstić information content (AvgIpc) is 2.97. The van der Waals surface area contributed by atoms with E-state index in [1.54, 1.807) is 12.1 Å². The first kappa shape index (κ1) is 15.7. The molecule has 3 aromatic rings. The summed E-state index contributed by atoms with van der Waals surface area (Å²) in [7, 11) is 0. The second kappa shape index (κ2) is 5.33. The maximum Gasteiger partial charge on any atom is 0.453 e. The number of rotatable bonds is 1. The molecule has 0 amide bonds. The standard InChI is InChI=1S/C16H10F4N4O/c17-10-3-1-8(2-4-10)9-5-12-11(13(25)6-9)7-24-15(21-12)22-14(23-24)16(18,19)20/h1-4,7,9H,5-6H2/t9-/m1/s1. The largest absolute Gasteiger partial charge is 0.453 e. The number of alkyl halides is 3. The SMILES string of the molecule is O=C1C[C@H](c2ccc(F)cc2)Cc2nc3nc(C(F)(F)F)nn3cc21. The molecule has 1 aliphatic carbocycles. The highest BCUT2D eigenvalue weighted by Crippen LogP contribution is 2.32. The predicted molar refractivity (Wildman–Crippen MR) is 77.6 cm³/mol. The third-order valence-electron chi connectivity index (χ3n) is 4.18. The smallest absolute Gasteiger partial charge is 0.294 e. The van der Waals surface area contributed by atoms with Crippen molar-refractivity contribution in [1.82, 2.24) is 19.6 Å². The number of Topliss-reactive ketones (excluding diaryl/α,β-unsaturated/α-hetero) is 1. The maximum absolute atomic E-state index is 13.1. The van der Waals surface area contributed by atoms with Crippen LogP contribution in [0.4, 0.5) is 17.6 Å². The number of fused-ring (bicyclic) bond motifs is 2. The summed E-state index contributed by atoms with van der Waals surface area (Å²) in [6.45, 7) is 0. The number of aromatic nitrogens is 4. The molecular formula is C16H10F4N4O. The van der Waals surface area contributed by atoms with Crippen LogP contribution < -0.4 is 0 Å². The molecule has 1 atom stereocenters. The van der Waals surface area contributed by atoms with Gasteiger partial charge in [-0.05, 0) is 30.0 Å². The van der Waals surface area contributed by atoms with Gasteiger partial charge < -0.3 is 0 Å². The van der Waals surface area contributed by atoms with Crippen LogP contribution >= 0.6 is 0 Å². The molecule has 0 saturated heterocycles. The summed E-state index contributed by atoms with van der Waals surface area (Å²) < 4.78 is 52.1. The highest BCUT2D eigenvalue weighted by Gasteiger charge is 2.37. The molecule has 2 aromatic heterocycles. The van der Waals surface area contributed by atoms with Crippen molar-refractivity contribution in [3.05, 3.63) is 58.9 Å². The van der Waals surface area contributed by atoms with Crippen LogP contribution in [0.2, 0.25) is 0 Å². The first-order valence-electron chi connectivity index (χ1n) is 7.43. The van der Waals surface area contributed by atoms with Gasteiger partial charge in [0.15, 0.2) is 5.78 Å². The minimum Gasteiger partial charge on any atom is -0.294 e. The Hall–Kier alpha value is -2.84. The second-order valence-corrected chi connectivity index (χ2v) is 5.86. The van der Waals surface area contributed by atoms with E-state index >= 15 is 0 Å². The summed E-state index contributed by atoms with van der Waals surface area (Å²) in [5.41, 5.74) is 1.39. The third kappa shape index (κ3) is 2.75. The molecule has 5 nitrogen and oxygen atoms in total. The van der Waals surface area contributed by atoms with Crippen LogP contribution in [0.15, 0.2) is 30.5 Å². The van der Waals surface area contributed by atoms with Crippen molar-refractivity contribution in [2.75, 3.05) is 0 Å². The van der Waals surface area contributed by atoms with Crippen molar-refractivity contribution < 1.29 is 22.4 Å². The van der Waals surface area contributed by atoms with Crippen LogP contribution in [0, 0.1) is 5.82 Å². The molecule has 0 N–H and O–H groups in total. The van der Waals surface area contributed by atoms with Gasteiger partial charge in [-0.3, -0.25) is 4.79 Å². The Bertz CT molecular complexity index is 978. The summed E-state index contributed by atoms with van der Waals surface area (Å²) in [5, 5.41) is 3.34. The van der Waals surface area contributed by atoms with E-state index in [2.05, 4.69) is 15.1 Å². The monoisotopic (exact) mass is 350 g/mol. The number of nitrogens with zero attached hydrogens (tertiary/aromatic N) is 4. The van der Waals surface area contributed by atoms with Crippen LogP contribution in [0.3, 0.4) is 0 Å². The van der Waals surface area contributed by atoms with Crippen molar-refractivity contribution >= 4 is 11.6 Å². The topological polar surface area (TPSA) is 60.2 Å². The molecule has 0 bridgehead atoms. The van der Waals surface area contributed by atoms with Gasteiger partial charge >= 0.3 is 6.18 Å². The highest BCUT2D eigenvalue weighted by atomic mass is 19.4. The average molecular weight is 350 g/mol. The molecule has 25 heavy (non-hydrogen) atoms. The van der Waals surface area contributed by atoms with Crippen molar-refractivity contribution in [2.45, 2.75) is 24.9 Å². The molecule has 0 saturated carbocycles. The first-order chi connectivity index (χ1) is 11.8. The Morgan fingerprint density at radius 2 is 1.80 bits per heavy atom. The van der Waals surface area contributed by atoms with Crippen LogP contribution in [0.25, 0.3) is 5.78 Å². The highest BCUT2D eigenvalue weighted by molar-refractivity contribution is 5.98. The molecule has 1 aromatic carbocycles. The van der Waals surface area contributed by atoms with Gasteiger partial charge in [0.25, 0.3) is 11.6 Å². The van der Waals surface area contributed by atoms with Gasteiger partial charge in [0.05, 0.1) is 11.3 Å². The van der Waals surface area contributed by atoms with E-state index in [-0.39, 0.29) is 35.3 Å². The lowest BCUT2D eigenvalue weighted by atomic mass is 9.82. The quantitative estimate of drug-likeness (QED) is 0.633. The summed E-state index contributed by atoms with van der Waals surface area (Å²) in [6.07, 6.45) is -2.91. The Morgan fingerprint density at radius 1 is 1.08 bits per heavy atom. The normalized spacial score (nSPS) is 17.8. The summed E-state index contributed by atoms with van der Waals surface area (Å²) in [4.78, 5) is 19.9. The second-order valence-electron chi connectivity index (χ2n) is 5.86. The van der Waals surface area contributed by atoms with E-state index in [9.17, 15) is 22.4 Å². The van der Waals surface area contributed by atoms with Crippen LogP contribution in [0.1, 0.15) is 39.8 Å². The van der Waals surface area contributed by atoms with Gasteiger partial charge in [-0.2, -0.15) is 18.2 Å². The van der Waals surface area contributed by atoms with Crippen LogP contribution in [-0.2, 0) is 12.6 Å². The van der Waals surface area contributed by atoms with Crippen LogP contribution in [-0.4, -0.2) is 25.4 Å². The van der Waals surface area contributed by atoms with Gasteiger partial charge in [-0.1, -0.05) is 12.1 Å². The van der Waals surface area contributed by atoms with E-state index in [0.29, 0.717) is 12.1 Å². The number of benzene rings is 1. The van der Waals surface area contributed by atoms with Crippen molar-refractivity contribution in [3.63, 3.8) is 0 Å². The fraction of sp³-hybridized carbons (Fsp3) is 0.250. The Balaban J connectivity index is 1.75. The van der Waals surface area contributed by atoms with E-state index in [4.69, 9.17) is 0 Å². The van der Waals surface area contributed by atoms with Crippen molar-refractivity contribution in [3.8, 4) is 0 Å². The van der Waals surface area contributed by atoms with E-state index in [0.717, 1.165) is 10.1 Å². The number of ketones is 1. The number of hydrogen-bond donors (Lipinski definition) is 0. The first-order valence-corrected chi connectivity index (χ1v) is 7.43. The molecule has 9 heteroatoms. The van der Waals surface area contributed by atoms with Crippen molar-refractivity contribution in [2.24, 2.45) is 0 Å². The Morgan fingerprint density at radius 3 is 2.48 bits per heavy atom. The van der Waals surface area contributed by atoms with Gasteiger partial charge in [-0.15, -0.1) is 5.10 Å². The molecule has 0 spiro atoms. The van der Waals surface area contributed by atoms with E-state index in [1.807, 2.05) is 0 Å². The van der Waals surface area contributed by atoms with Crippen molar-refractivity contribution in [1.29, 1.82) is 0 Å². The Labute approximate surface area is 138 Å². The lowest BCUT2D eigenvalue weighted by molar-refractivity contribution is -0.144. The minimum atomic E-state index is -4.69. The number of halogens is 4. The molecule has 128 valence electrons. The molecule has 0 unspecified atom stereocenters. The predicted octanol–water partition coefficient (Wildman–Crippen LogP) is 3.19. The van der Waals surface area contributed by atoms with E-state index < -0.39 is 12.0 Å². The van der Waals surface area contributed by atoms with Gasteiger partial charge in [-0.25, -0.2) is 13.9 Å². The number of hydrogen-bond acceptors (Lipinski definition) is 4. The summed E-state index contributed by atoms with van der Waals surface area (Å²) in [5.74, 6) is -2.34. The zero-order valence-corrected chi connectivity index (χ0v) is 12.6. The molecule has 0 radical (unpaired) electrons. The zero-order chi connectivity index (χ0) is 17.8. The van der Waals surface area contributed by atoms with E-state index in [1.165, 1.54) is 18.3 Å². The summed E-state index contributed by atoms with van der Waals surface area (Å²) >= 11 is 0. The fourth-order valence-electron chi connectivity index (χ4n) is 2.97. The summed E-state index contributed by atoms with van der Waals surface area (Å²) in [6, 6.07) is 5.80. The zero-order valence-electron chi connectivity index (χ0n) is 12.6. The van der Waals surface area contributed by atoms with Gasteiger partial charge in [0, 0.05) is 12.6 Å². The molecule has 2 heterocycles. The molecule has 0 aliphatic heterocycles. The molecule has 1 aliphatic rings. The Kier molecular flexibility index (Phi) is 3.34. The van der Waals surface area contributed by atoms with Gasteiger partial charge in [0.1, 0.15) is 5.82 Å². The molecule has 4 rings (SSSR count). The van der Waals surface area contributed by atoms with Gasteiger partial charge in [0.2, 0.25) is 0 Å². The number of carbonyl (C=O) groups is 1. The fourth-order valence-corrected chi connectivity index (χ4v) is 2.97. The molecular weight excluding hydrogens is 340 g/mol. The third-order valence-corrected chi connectivity index (χ3v) is 4.18. The lowest BCUT2D eigenvalue weighted by Gasteiger charge is -2.23. The number of carbonyl (C=O) groups excluding carboxylic acids is 1. The minimum absolute atomic E-state index is 0.173. The maximum atomic E-state index is 13.1. The molecule has 0 fully saturated rings.